The topological polar surface area (TPSA) is 84.5 Å². The Bertz CT molecular complexity index is 1320. The van der Waals surface area contributed by atoms with Gasteiger partial charge in [-0.1, -0.05) is 117 Å². The van der Waals surface area contributed by atoms with Gasteiger partial charge in [0.25, 0.3) is 0 Å². The molecule has 1 N–H and O–H groups in total. The van der Waals surface area contributed by atoms with Crippen LogP contribution in [0.2, 0.25) is 0 Å². The van der Waals surface area contributed by atoms with Crippen LogP contribution in [-0.2, 0) is 53.0 Å². The van der Waals surface area contributed by atoms with Crippen LogP contribution >= 0.6 is 0 Å². The van der Waals surface area contributed by atoms with E-state index in [0.717, 1.165) is 16.7 Å². The molecule has 0 radical (unpaired) electrons. The van der Waals surface area contributed by atoms with E-state index in [2.05, 4.69) is 19.2 Å². The molecule has 1 fully saturated rings. The monoisotopic (exact) mass is 629 g/mol. The third-order valence-corrected chi connectivity index (χ3v) is 8.30. The molecule has 3 aromatic carbocycles. The van der Waals surface area contributed by atoms with Gasteiger partial charge in [0.1, 0.15) is 24.4 Å². The average Bonchev–Trinajstić information content (AvgIpc) is 3.08. The number of hydrogen-bond acceptors (Lipinski definition) is 7. The molecule has 8 heteroatoms. The van der Waals surface area contributed by atoms with Crippen molar-refractivity contribution in [1.29, 1.82) is 0 Å². The summed E-state index contributed by atoms with van der Waals surface area (Å²) in [7, 11) is 0. The third-order valence-electron chi connectivity index (χ3n) is 8.30. The summed E-state index contributed by atoms with van der Waals surface area (Å²) in [5.74, 6) is 0.0611. The Balaban J connectivity index is 1.47. The highest BCUT2D eigenvalue weighted by Crippen LogP contribution is 2.32. The second-order valence-electron chi connectivity index (χ2n) is 12.2. The molecule has 2 aliphatic rings. The van der Waals surface area contributed by atoms with E-state index in [1.165, 1.54) is 0 Å². The van der Waals surface area contributed by atoms with Gasteiger partial charge in [0.05, 0.1) is 64.8 Å². The van der Waals surface area contributed by atoms with Gasteiger partial charge in [0, 0.05) is 0 Å². The lowest BCUT2D eigenvalue weighted by molar-refractivity contribution is -0.271. The van der Waals surface area contributed by atoms with Crippen LogP contribution in [0.25, 0.3) is 0 Å². The Morgan fingerprint density at radius 1 is 0.652 bits per heavy atom. The van der Waals surface area contributed by atoms with Gasteiger partial charge in [-0.2, -0.15) is 0 Å². The molecule has 2 aliphatic heterocycles. The fourth-order valence-electron chi connectivity index (χ4n) is 5.68. The third kappa shape index (κ3) is 10.3. The molecule has 2 heterocycles. The first kappa shape index (κ1) is 34.0. The molecule has 246 valence electrons. The van der Waals surface area contributed by atoms with E-state index >= 15 is 0 Å². The zero-order chi connectivity index (χ0) is 32.0. The molecular formula is C38H47NO7. The number of amides is 1. The van der Waals surface area contributed by atoms with Gasteiger partial charge in [-0.3, -0.25) is 4.79 Å². The molecule has 3 aromatic rings. The van der Waals surface area contributed by atoms with Crippen molar-refractivity contribution in [3.63, 3.8) is 0 Å². The number of ether oxygens (including phenoxy) is 6. The van der Waals surface area contributed by atoms with Crippen LogP contribution in [0.3, 0.4) is 0 Å². The van der Waals surface area contributed by atoms with E-state index in [-0.39, 0.29) is 30.9 Å². The normalized spacial score (nSPS) is 26.9. The number of nitrogens with one attached hydrogen (secondary N) is 1. The molecule has 46 heavy (non-hydrogen) atoms. The van der Waals surface area contributed by atoms with Crippen LogP contribution in [0, 0.1) is 5.92 Å². The second-order valence-corrected chi connectivity index (χ2v) is 12.2. The summed E-state index contributed by atoms with van der Waals surface area (Å²) in [6, 6.07) is 29.9. The Kier molecular flexibility index (Phi) is 13.4. The average molecular weight is 630 g/mol. The van der Waals surface area contributed by atoms with Gasteiger partial charge in [-0.05, 0) is 22.6 Å². The number of benzene rings is 3. The number of carbonyl (C=O) groups excluding carboxylic acids is 1. The van der Waals surface area contributed by atoms with Crippen LogP contribution < -0.4 is 5.32 Å². The first-order valence-corrected chi connectivity index (χ1v) is 16.3. The second kappa shape index (κ2) is 18.1. The van der Waals surface area contributed by atoms with Gasteiger partial charge in [-0.25, -0.2) is 0 Å². The summed E-state index contributed by atoms with van der Waals surface area (Å²) in [4.78, 5) is 13.6. The highest BCUT2D eigenvalue weighted by Gasteiger charge is 2.49. The summed E-state index contributed by atoms with van der Waals surface area (Å²) in [5.41, 5.74) is 3.08. The van der Waals surface area contributed by atoms with Crippen LogP contribution in [0.4, 0.5) is 0 Å². The molecule has 0 saturated carbocycles. The van der Waals surface area contributed by atoms with Crippen molar-refractivity contribution in [3.8, 4) is 0 Å². The predicted molar refractivity (Wildman–Crippen MR) is 176 cm³/mol. The summed E-state index contributed by atoms with van der Waals surface area (Å²) in [5, 5.41) is 3.19. The van der Waals surface area contributed by atoms with Crippen molar-refractivity contribution < 1.29 is 33.2 Å². The van der Waals surface area contributed by atoms with Crippen molar-refractivity contribution in [2.45, 2.75) is 76.7 Å². The molecule has 5 rings (SSSR count). The first-order valence-electron chi connectivity index (χ1n) is 16.3. The quantitative estimate of drug-likeness (QED) is 0.291. The Labute approximate surface area is 273 Å². The van der Waals surface area contributed by atoms with Crippen molar-refractivity contribution in [1.82, 2.24) is 5.32 Å². The van der Waals surface area contributed by atoms with Crippen molar-refractivity contribution in [3.05, 3.63) is 120 Å². The van der Waals surface area contributed by atoms with E-state index < -0.39 is 30.5 Å². The lowest BCUT2D eigenvalue weighted by Gasteiger charge is -2.46. The van der Waals surface area contributed by atoms with Gasteiger partial charge in [-0.15, -0.1) is 0 Å². The predicted octanol–water partition coefficient (Wildman–Crippen LogP) is 5.64. The minimum Gasteiger partial charge on any atom is -0.375 e. The highest BCUT2D eigenvalue weighted by molar-refractivity contribution is 5.77. The van der Waals surface area contributed by atoms with Crippen molar-refractivity contribution in [2.75, 3.05) is 26.4 Å². The molecular weight excluding hydrogens is 582 g/mol. The van der Waals surface area contributed by atoms with E-state index in [0.29, 0.717) is 39.6 Å². The number of hydrogen-bond donors (Lipinski definition) is 1. The van der Waals surface area contributed by atoms with E-state index in [1.54, 1.807) is 0 Å². The fraction of sp³-hybridized carbons (Fsp3) is 0.447. The van der Waals surface area contributed by atoms with E-state index in [9.17, 15) is 4.79 Å². The molecule has 1 saturated heterocycles. The number of carbonyl (C=O) groups is 1. The van der Waals surface area contributed by atoms with Gasteiger partial charge in [0.15, 0.2) is 0 Å². The molecule has 0 unspecified atom stereocenters. The lowest BCUT2D eigenvalue weighted by Crippen LogP contribution is -2.62. The summed E-state index contributed by atoms with van der Waals surface area (Å²) in [6.07, 6.45) is 1.17. The van der Waals surface area contributed by atoms with Crippen LogP contribution in [-0.4, -0.2) is 68.9 Å². The maximum Gasteiger partial charge on any atom is 0.223 e. The largest absolute Gasteiger partial charge is 0.375 e. The minimum absolute atomic E-state index is 0.0913. The number of fused-ring (bicyclic) bond motifs is 2. The van der Waals surface area contributed by atoms with Crippen LogP contribution in [0.1, 0.15) is 37.0 Å². The lowest BCUT2D eigenvalue weighted by atomic mass is 9.92. The molecule has 2 bridgehead atoms. The maximum atomic E-state index is 13.6. The van der Waals surface area contributed by atoms with Crippen LogP contribution in [0.15, 0.2) is 103 Å². The maximum absolute atomic E-state index is 13.6. The molecule has 1 amide bonds. The summed E-state index contributed by atoms with van der Waals surface area (Å²) < 4.78 is 38.8. The molecule has 6 atom stereocenters. The van der Waals surface area contributed by atoms with Gasteiger partial charge >= 0.3 is 0 Å². The fourth-order valence-corrected chi connectivity index (χ4v) is 5.68. The summed E-state index contributed by atoms with van der Waals surface area (Å²) in [6.45, 7) is 6.71. The highest BCUT2D eigenvalue weighted by atomic mass is 16.6. The van der Waals surface area contributed by atoms with Gasteiger partial charge in [0.2, 0.25) is 5.91 Å². The Hall–Kier alpha value is -3.37. The zero-order valence-corrected chi connectivity index (χ0v) is 26.9. The van der Waals surface area contributed by atoms with E-state index in [4.69, 9.17) is 28.4 Å². The SMILES string of the molecule is CC(C)[C@H]1COC/C=C/COC[C@H]2O[C@@H](CC(=O)N1)[C@H](OCc1ccccc1)[C@@H](OCc1ccccc1)[C@@H]2OCc1ccccc1. The van der Waals surface area contributed by atoms with Crippen molar-refractivity contribution >= 4 is 5.91 Å². The Morgan fingerprint density at radius 3 is 1.61 bits per heavy atom. The molecule has 0 aromatic heterocycles. The summed E-state index contributed by atoms with van der Waals surface area (Å²) >= 11 is 0. The smallest absolute Gasteiger partial charge is 0.223 e. The first-order chi connectivity index (χ1) is 22.6. The van der Waals surface area contributed by atoms with Gasteiger partial charge < -0.3 is 33.7 Å². The standard InChI is InChI=1S/C38H47NO7/c1-28(2)32-26-41-20-12-13-21-42-27-34-37(44-24-30-16-8-4-9-17-30)38(45-25-31-18-10-5-11-19-31)36(33(46-34)22-35(40)39-32)43-23-29-14-6-3-7-15-29/h3-19,28,32-34,36-38H,20-27H2,1-2H3,(H,39,40)/b13-12+/t32-,33+,34-,36+,37-,38-/m1/s1. The number of rotatable bonds is 10. The Morgan fingerprint density at radius 2 is 1.11 bits per heavy atom. The zero-order valence-electron chi connectivity index (χ0n) is 26.9. The molecule has 0 aliphatic carbocycles. The molecule has 8 nitrogen and oxygen atoms in total. The molecule has 0 spiro atoms. The van der Waals surface area contributed by atoms with Crippen molar-refractivity contribution in [2.24, 2.45) is 5.92 Å². The minimum atomic E-state index is -0.607. The van der Waals surface area contributed by atoms with E-state index in [1.807, 2.05) is 103 Å². The van der Waals surface area contributed by atoms with Crippen LogP contribution in [0.5, 0.6) is 0 Å².